The molecule has 1 aromatic rings. The number of carbonyl (C=O) groups is 1. The highest BCUT2D eigenvalue weighted by molar-refractivity contribution is 5.85. The Balaban J connectivity index is 1.35. The number of nitrogens with zero attached hydrogens (tertiary/aromatic N) is 2. The molecule has 5 aliphatic rings. The highest BCUT2D eigenvalue weighted by Crippen LogP contribution is 2.70. The highest BCUT2D eigenvalue weighted by Gasteiger charge is 2.71. The van der Waals surface area contributed by atoms with E-state index >= 15 is 0 Å². The van der Waals surface area contributed by atoms with Crippen molar-refractivity contribution >= 4 is 12.2 Å². The number of aliphatic imine (C=N–C) groups is 1. The molecule has 7 nitrogen and oxygen atoms in total. The van der Waals surface area contributed by atoms with E-state index in [-0.39, 0.29) is 29.1 Å². The molecular formula is C29H38N2O5. The van der Waals surface area contributed by atoms with Gasteiger partial charge in [-0.15, -0.1) is 0 Å². The van der Waals surface area contributed by atoms with E-state index in [9.17, 15) is 20.1 Å². The van der Waals surface area contributed by atoms with Crippen LogP contribution in [0.5, 0.6) is 0 Å². The van der Waals surface area contributed by atoms with E-state index in [2.05, 4.69) is 11.9 Å². The van der Waals surface area contributed by atoms with Crippen molar-refractivity contribution < 1.29 is 24.9 Å². The van der Waals surface area contributed by atoms with Crippen LogP contribution in [-0.2, 0) is 16.1 Å². The number of ether oxygens (including phenoxy) is 1. The second kappa shape index (κ2) is 8.47. The third-order valence-corrected chi connectivity index (χ3v) is 11.0. The predicted molar refractivity (Wildman–Crippen MR) is 134 cm³/mol. The summed E-state index contributed by atoms with van der Waals surface area (Å²) in [6.45, 7) is 3.07. The number of hydrogen-bond acceptors (Lipinski definition) is 7. The van der Waals surface area contributed by atoms with E-state index in [1.807, 2.05) is 18.3 Å². The number of esters is 1. The zero-order chi connectivity index (χ0) is 25.2. The number of rotatable bonds is 4. The zero-order valence-corrected chi connectivity index (χ0v) is 21.1. The summed E-state index contributed by atoms with van der Waals surface area (Å²) in [6.07, 6.45) is 12.9. The Hall–Kier alpha value is -2.09. The molecule has 1 aromatic heterocycles. The lowest BCUT2D eigenvalue weighted by atomic mass is 9.41. The van der Waals surface area contributed by atoms with Gasteiger partial charge in [0, 0.05) is 41.9 Å². The second-order valence-electron chi connectivity index (χ2n) is 12.3. The van der Waals surface area contributed by atoms with Gasteiger partial charge in [-0.1, -0.05) is 6.92 Å². The minimum Gasteiger partial charge on any atom is -0.458 e. The summed E-state index contributed by atoms with van der Waals surface area (Å²) in [6, 6.07) is 3.91. The molecule has 1 aliphatic heterocycles. The standard InChI is InChI=1S/C29H38N2O5/c1-26-8-3-23-24(29(26,35)11-5-22(26)20-14-25(33)36-17-20)4-10-28(34)15-21(32)2-9-27(23,28)18-31-16-19-6-12-30-13-7-19/h6-7,12-14,18,21-24,32,34-35H,2-5,8-11,15-17H2,1H3/t21-,22-,23+,24-,26-,27+,28+,29-/m1/s1. The second-order valence-corrected chi connectivity index (χ2v) is 12.3. The van der Waals surface area contributed by atoms with Gasteiger partial charge in [0.2, 0.25) is 0 Å². The quantitative estimate of drug-likeness (QED) is 0.437. The van der Waals surface area contributed by atoms with Crippen molar-refractivity contribution in [3.63, 3.8) is 0 Å². The maximum Gasteiger partial charge on any atom is 0.331 e. The molecule has 0 radical (unpaired) electrons. The third kappa shape index (κ3) is 3.38. The highest BCUT2D eigenvalue weighted by atomic mass is 16.5. The molecule has 8 atom stereocenters. The first-order chi connectivity index (χ1) is 17.2. The third-order valence-electron chi connectivity index (χ3n) is 11.0. The molecule has 0 amide bonds. The number of cyclic esters (lactones) is 1. The van der Waals surface area contributed by atoms with E-state index < -0.39 is 22.7 Å². The van der Waals surface area contributed by atoms with Gasteiger partial charge in [-0.3, -0.25) is 9.98 Å². The van der Waals surface area contributed by atoms with Crippen molar-refractivity contribution in [2.75, 3.05) is 6.61 Å². The lowest BCUT2D eigenvalue weighted by Gasteiger charge is -2.65. The monoisotopic (exact) mass is 494 g/mol. The molecule has 3 N–H and O–H groups in total. The molecule has 6 rings (SSSR count). The molecule has 0 aromatic carbocycles. The van der Waals surface area contributed by atoms with Gasteiger partial charge in [-0.05, 0) is 92.4 Å². The van der Waals surface area contributed by atoms with Gasteiger partial charge < -0.3 is 20.1 Å². The van der Waals surface area contributed by atoms with Crippen LogP contribution in [0.15, 0.2) is 41.2 Å². The van der Waals surface area contributed by atoms with E-state index in [4.69, 9.17) is 9.73 Å². The lowest BCUT2D eigenvalue weighted by Crippen LogP contribution is -2.68. The average molecular weight is 495 g/mol. The molecule has 0 bridgehead atoms. The number of aliphatic hydroxyl groups excluding tert-OH is 1. The summed E-state index contributed by atoms with van der Waals surface area (Å²) in [4.78, 5) is 20.8. The Morgan fingerprint density at radius 1 is 1.08 bits per heavy atom. The molecule has 4 saturated carbocycles. The van der Waals surface area contributed by atoms with Crippen LogP contribution in [0.4, 0.5) is 0 Å². The van der Waals surface area contributed by atoms with Crippen molar-refractivity contribution in [3.05, 3.63) is 41.7 Å². The van der Waals surface area contributed by atoms with E-state index in [1.165, 1.54) is 0 Å². The Labute approximate surface area is 212 Å². The van der Waals surface area contributed by atoms with Crippen molar-refractivity contribution in [3.8, 4) is 0 Å². The minimum absolute atomic E-state index is 0.0442. The fourth-order valence-electron chi connectivity index (χ4n) is 9.16. The molecule has 4 fully saturated rings. The molecule has 2 heterocycles. The molecule has 36 heavy (non-hydrogen) atoms. The summed E-state index contributed by atoms with van der Waals surface area (Å²) in [7, 11) is 0. The summed E-state index contributed by atoms with van der Waals surface area (Å²) >= 11 is 0. The van der Waals surface area contributed by atoms with Crippen LogP contribution in [-0.4, -0.2) is 56.4 Å². The largest absolute Gasteiger partial charge is 0.458 e. The first-order valence-corrected chi connectivity index (χ1v) is 13.6. The fourth-order valence-corrected chi connectivity index (χ4v) is 9.16. The van der Waals surface area contributed by atoms with Gasteiger partial charge in [0.1, 0.15) is 6.61 Å². The smallest absolute Gasteiger partial charge is 0.331 e. The van der Waals surface area contributed by atoms with Gasteiger partial charge in [0.05, 0.1) is 23.9 Å². The van der Waals surface area contributed by atoms with Gasteiger partial charge in [0.15, 0.2) is 0 Å². The van der Waals surface area contributed by atoms with Crippen LogP contribution >= 0.6 is 0 Å². The summed E-state index contributed by atoms with van der Waals surface area (Å²) in [5.41, 5.74) is -0.686. The number of pyridine rings is 1. The lowest BCUT2D eigenvalue weighted by molar-refractivity contribution is -0.237. The van der Waals surface area contributed by atoms with Crippen molar-refractivity contribution in [1.29, 1.82) is 0 Å². The van der Waals surface area contributed by atoms with E-state index in [1.54, 1.807) is 18.5 Å². The summed E-state index contributed by atoms with van der Waals surface area (Å²) in [5.74, 6) is 0.00532. The summed E-state index contributed by atoms with van der Waals surface area (Å²) in [5, 5.41) is 35.1. The van der Waals surface area contributed by atoms with Gasteiger partial charge in [-0.2, -0.15) is 0 Å². The molecule has 7 heteroatoms. The molecule has 194 valence electrons. The first kappa shape index (κ1) is 24.3. The zero-order valence-electron chi connectivity index (χ0n) is 21.1. The SMILES string of the molecule is C[C@]12CC[C@H]3[C@@H](CC[C@]4(O)C[C@H](O)CC[C@]34C=NCc3ccncc3)[C@]1(O)CC[C@@H]2C1=CC(=O)OC1. The average Bonchev–Trinajstić information content (AvgIpc) is 3.40. The van der Waals surface area contributed by atoms with Gasteiger partial charge >= 0.3 is 5.97 Å². The first-order valence-electron chi connectivity index (χ1n) is 13.6. The molecule has 0 saturated heterocycles. The number of aromatic nitrogens is 1. The molecular weight excluding hydrogens is 456 g/mol. The van der Waals surface area contributed by atoms with Crippen molar-refractivity contribution in [1.82, 2.24) is 4.98 Å². The number of fused-ring (bicyclic) bond motifs is 5. The van der Waals surface area contributed by atoms with Gasteiger partial charge in [-0.25, -0.2) is 4.79 Å². The van der Waals surface area contributed by atoms with Crippen LogP contribution in [0.25, 0.3) is 0 Å². The maximum atomic E-state index is 12.5. The minimum atomic E-state index is -1.02. The van der Waals surface area contributed by atoms with Crippen LogP contribution < -0.4 is 0 Å². The summed E-state index contributed by atoms with van der Waals surface area (Å²) < 4.78 is 5.24. The van der Waals surface area contributed by atoms with E-state index in [0.717, 1.165) is 36.8 Å². The molecule has 4 aliphatic carbocycles. The maximum absolute atomic E-state index is 12.5. The van der Waals surface area contributed by atoms with Crippen molar-refractivity contribution in [2.45, 2.75) is 88.6 Å². The molecule has 0 spiro atoms. The number of aliphatic hydroxyl groups is 3. The normalized spacial score (nSPS) is 46.1. The number of carbonyl (C=O) groups excluding carboxylic acids is 1. The number of hydrogen-bond donors (Lipinski definition) is 3. The Bertz CT molecular complexity index is 1090. The Kier molecular flexibility index (Phi) is 5.71. The van der Waals surface area contributed by atoms with Crippen LogP contribution in [0, 0.1) is 28.6 Å². The van der Waals surface area contributed by atoms with E-state index in [0.29, 0.717) is 45.3 Å². The van der Waals surface area contributed by atoms with Crippen LogP contribution in [0.1, 0.15) is 70.3 Å². The predicted octanol–water partition coefficient (Wildman–Crippen LogP) is 3.37. The van der Waals surface area contributed by atoms with Crippen molar-refractivity contribution in [2.24, 2.45) is 33.6 Å². The Morgan fingerprint density at radius 3 is 2.61 bits per heavy atom. The van der Waals surface area contributed by atoms with Gasteiger partial charge in [0.25, 0.3) is 0 Å². The van der Waals surface area contributed by atoms with Crippen LogP contribution in [0.3, 0.4) is 0 Å². The Morgan fingerprint density at radius 2 is 1.86 bits per heavy atom. The van der Waals surface area contributed by atoms with Crippen LogP contribution in [0.2, 0.25) is 0 Å². The topological polar surface area (TPSA) is 112 Å². The fraction of sp³-hybridized carbons (Fsp3) is 0.690. The molecule has 0 unspecified atom stereocenters.